The van der Waals surface area contributed by atoms with E-state index in [4.69, 9.17) is 4.74 Å². The summed E-state index contributed by atoms with van der Waals surface area (Å²) >= 11 is 0. The van der Waals surface area contributed by atoms with Gasteiger partial charge in [-0.15, -0.1) is 0 Å². The molecular weight excluding hydrogens is 252 g/mol. The third-order valence-electron chi connectivity index (χ3n) is 2.79. The van der Waals surface area contributed by atoms with E-state index in [1.165, 1.54) is 19.4 Å². The molecular formula is C14H13F2NO2. The van der Waals surface area contributed by atoms with Crippen LogP contribution >= 0.6 is 0 Å². The summed E-state index contributed by atoms with van der Waals surface area (Å²) in [6.07, 6.45) is 0.146. The van der Waals surface area contributed by atoms with Gasteiger partial charge >= 0.3 is 0 Å². The zero-order valence-corrected chi connectivity index (χ0v) is 10.3. The van der Waals surface area contributed by atoms with Gasteiger partial charge in [0.05, 0.1) is 7.11 Å². The molecule has 2 aromatic rings. The van der Waals surface area contributed by atoms with Gasteiger partial charge in [0, 0.05) is 18.2 Å². The van der Waals surface area contributed by atoms with E-state index in [1.807, 2.05) is 0 Å². The lowest BCUT2D eigenvalue weighted by Gasteiger charge is -2.14. The fourth-order valence-electron chi connectivity index (χ4n) is 1.84. The molecule has 0 saturated carbocycles. The molecule has 5 heteroatoms. The third-order valence-corrected chi connectivity index (χ3v) is 2.79. The smallest absolute Gasteiger partial charge is 0.143 e. The fraction of sp³-hybridized carbons (Fsp3) is 0.214. The minimum Gasteiger partial charge on any atom is -0.495 e. The summed E-state index contributed by atoms with van der Waals surface area (Å²) in [6.45, 7) is 0. The molecule has 1 heterocycles. The molecule has 0 aliphatic heterocycles. The van der Waals surface area contributed by atoms with Crippen LogP contribution < -0.4 is 4.74 Å². The quantitative estimate of drug-likeness (QED) is 0.924. The van der Waals surface area contributed by atoms with Crippen molar-refractivity contribution in [3.8, 4) is 5.75 Å². The number of aromatic nitrogens is 1. The molecule has 0 aliphatic carbocycles. The van der Waals surface area contributed by atoms with E-state index in [-0.39, 0.29) is 17.7 Å². The molecule has 0 radical (unpaired) electrons. The monoisotopic (exact) mass is 265 g/mol. The minimum atomic E-state index is -1.14. The van der Waals surface area contributed by atoms with Crippen molar-refractivity contribution < 1.29 is 18.6 Å². The Kier molecular flexibility index (Phi) is 4.06. The Morgan fingerprint density at radius 1 is 1.21 bits per heavy atom. The highest BCUT2D eigenvalue weighted by atomic mass is 19.1. The number of pyridine rings is 1. The molecule has 0 saturated heterocycles. The second-order valence-corrected chi connectivity index (χ2v) is 4.01. The predicted octanol–water partition coefficient (Wildman–Crippen LogP) is 2.64. The van der Waals surface area contributed by atoms with Gasteiger partial charge < -0.3 is 9.84 Å². The number of methoxy groups -OCH3 is 1. The van der Waals surface area contributed by atoms with Crippen LogP contribution in [0.25, 0.3) is 0 Å². The SMILES string of the molecule is COc1cccnc1C(O)Cc1c(F)cccc1F. The van der Waals surface area contributed by atoms with Gasteiger partial charge in [0.2, 0.25) is 0 Å². The highest BCUT2D eigenvalue weighted by Crippen LogP contribution is 2.26. The molecule has 19 heavy (non-hydrogen) atoms. The summed E-state index contributed by atoms with van der Waals surface area (Å²) in [7, 11) is 1.44. The zero-order chi connectivity index (χ0) is 13.8. The van der Waals surface area contributed by atoms with E-state index in [9.17, 15) is 13.9 Å². The summed E-state index contributed by atoms with van der Waals surface area (Å²) in [6, 6.07) is 6.87. The summed E-state index contributed by atoms with van der Waals surface area (Å²) in [5.74, 6) is -0.991. The molecule has 2 rings (SSSR count). The van der Waals surface area contributed by atoms with Crippen molar-refractivity contribution in [2.24, 2.45) is 0 Å². The maximum atomic E-state index is 13.5. The van der Waals surface area contributed by atoms with Crippen molar-refractivity contribution in [1.82, 2.24) is 4.98 Å². The Hall–Kier alpha value is -2.01. The molecule has 0 fully saturated rings. The largest absolute Gasteiger partial charge is 0.495 e. The van der Waals surface area contributed by atoms with Crippen molar-refractivity contribution in [2.45, 2.75) is 12.5 Å². The van der Waals surface area contributed by atoms with E-state index in [0.29, 0.717) is 5.75 Å². The van der Waals surface area contributed by atoms with E-state index < -0.39 is 17.7 Å². The van der Waals surface area contributed by atoms with Gasteiger partial charge in [-0.1, -0.05) is 6.07 Å². The maximum Gasteiger partial charge on any atom is 0.143 e. The average Bonchev–Trinajstić information content (AvgIpc) is 2.42. The van der Waals surface area contributed by atoms with E-state index in [1.54, 1.807) is 12.1 Å². The molecule has 1 atom stereocenters. The van der Waals surface area contributed by atoms with Crippen LogP contribution in [0, 0.1) is 11.6 Å². The first-order valence-corrected chi connectivity index (χ1v) is 5.73. The fourth-order valence-corrected chi connectivity index (χ4v) is 1.84. The van der Waals surface area contributed by atoms with Gasteiger partial charge in [-0.3, -0.25) is 4.98 Å². The van der Waals surface area contributed by atoms with Gasteiger partial charge in [0.25, 0.3) is 0 Å². The lowest BCUT2D eigenvalue weighted by molar-refractivity contribution is 0.166. The third kappa shape index (κ3) is 2.88. The summed E-state index contributed by atoms with van der Waals surface area (Å²) in [5.41, 5.74) is 0.0929. The second kappa shape index (κ2) is 5.75. The van der Waals surface area contributed by atoms with Gasteiger partial charge in [0.1, 0.15) is 29.2 Å². The van der Waals surface area contributed by atoms with Crippen molar-refractivity contribution in [3.05, 3.63) is 59.4 Å². The number of rotatable bonds is 4. The van der Waals surface area contributed by atoms with Gasteiger partial charge in [0.15, 0.2) is 0 Å². The van der Waals surface area contributed by atoms with Gasteiger partial charge in [-0.2, -0.15) is 0 Å². The number of benzene rings is 1. The highest BCUT2D eigenvalue weighted by Gasteiger charge is 2.19. The van der Waals surface area contributed by atoms with E-state index in [0.717, 1.165) is 12.1 Å². The first-order valence-electron chi connectivity index (χ1n) is 5.73. The van der Waals surface area contributed by atoms with Crippen LogP contribution in [0.4, 0.5) is 8.78 Å². The number of halogens is 2. The van der Waals surface area contributed by atoms with E-state index >= 15 is 0 Å². The van der Waals surface area contributed by atoms with Gasteiger partial charge in [-0.05, 0) is 24.3 Å². The van der Waals surface area contributed by atoms with Crippen molar-refractivity contribution in [1.29, 1.82) is 0 Å². The number of hydrogen-bond donors (Lipinski definition) is 1. The van der Waals surface area contributed by atoms with Gasteiger partial charge in [-0.25, -0.2) is 8.78 Å². The molecule has 0 spiro atoms. The van der Waals surface area contributed by atoms with Crippen LogP contribution in [0.15, 0.2) is 36.5 Å². The molecule has 0 amide bonds. The summed E-state index contributed by atoms with van der Waals surface area (Å²) < 4.78 is 32.1. The number of ether oxygens (including phenoxy) is 1. The molecule has 1 aromatic heterocycles. The molecule has 1 N–H and O–H groups in total. The highest BCUT2D eigenvalue weighted by molar-refractivity contribution is 5.30. The number of aliphatic hydroxyl groups is 1. The molecule has 1 aromatic carbocycles. The van der Waals surface area contributed by atoms with Crippen molar-refractivity contribution in [3.63, 3.8) is 0 Å². The van der Waals surface area contributed by atoms with Crippen molar-refractivity contribution >= 4 is 0 Å². The summed E-state index contributed by atoms with van der Waals surface area (Å²) in [4.78, 5) is 3.99. The lowest BCUT2D eigenvalue weighted by atomic mass is 10.0. The number of nitrogens with zero attached hydrogens (tertiary/aromatic N) is 1. The Bertz CT molecular complexity index is 555. The minimum absolute atomic E-state index is 0.164. The summed E-state index contributed by atoms with van der Waals surface area (Å²) in [5, 5.41) is 10.1. The Morgan fingerprint density at radius 2 is 1.89 bits per heavy atom. The second-order valence-electron chi connectivity index (χ2n) is 4.01. The van der Waals surface area contributed by atoms with Crippen LogP contribution in [0.1, 0.15) is 17.4 Å². The first kappa shape index (κ1) is 13.4. The predicted molar refractivity (Wildman–Crippen MR) is 65.8 cm³/mol. The molecule has 0 bridgehead atoms. The first-order chi connectivity index (χ1) is 9.13. The van der Waals surface area contributed by atoms with Crippen LogP contribution in [-0.2, 0) is 6.42 Å². The van der Waals surface area contributed by atoms with Crippen LogP contribution in [-0.4, -0.2) is 17.2 Å². The Morgan fingerprint density at radius 3 is 2.53 bits per heavy atom. The van der Waals surface area contributed by atoms with Crippen molar-refractivity contribution in [2.75, 3.05) is 7.11 Å². The maximum absolute atomic E-state index is 13.5. The number of hydrogen-bond acceptors (Lipinski definition) is 3. The van der Waals surface area contributed by atoms with E-state index in [2.05, 4.69) is 4.98 Å². The topological polar surface area (TPSA) is 42.4 Å². The zero-order valence-electron chi connectivity index (χ0n) is 10.3. The molecule has 100 valence electrons. The lowest BCUT2D eigenvalue weighted by Crippen LogP contribution is -2.09. The van der Waals surface area contributed by atoms with Crippen LogP contribution in [0.5, 0.6) is 5.75 Å². The normalized spacial score (nSPS) is 12.2. The molecule has 3 nitrogen and oxygen atoms in total. The average molecular weight is 265 g/mol. The molecule has 0 aliphatic rings. The Labute approximate surface area is 109 Å². The Balaban J connectivity index is 2.28. The molecule has 1 unspecified atom stereocenters. The standard InChI is InChI=1S/C14H13F2NO2/c1-19-13-6-3-7-17-14(13)12(18)8-9-10(15)4-2-5-11(9)16/h2-7,12,18H,8H2,1H3. The van der Waals surface area contributed by atoms with Crippen LogP contribution in [0.2, 0.25) is 0 Å². The number of aliphatic hydroxyl groups excluding tert-OH is 1. The van der Waals surface area contributed by atoms with Crippen LogP contribution in [0.3, 0.4) is 0 Å².